The molecule has 3 aromatic rings. The molecule has 10 nitrogen and oxygen atoms in total. The standard InChI is InChI=1S/C14H13N7O3/c1-24-18-5-8-11(15)16-6-17-12(8)19-9-4-2-3-7-10(9)14(23)21-20-13(7)22/h2-6H,1H3,(H,20,22)(H,21,23)(H3,15,16,17,19). The molecule has 0 saturated heterocycles. The van der Waals surface area contributed by atoms with Gasteiger partial charge in [-0.15, -0.1) is 0 Å². The zero-order valence-electron chi connectivity index (χ0n) is 12.5. The molecule has 0 radical (unpaired) electrons. The topological polar surface area (TPSA) is 151 Å². The summed E-state index contributed by atoms with van der Waals surface area (Å²) in [7, 11) is 1.39. The van der Waals surface area contributed by atoms with E-state index >= 15 is 0 Å². The van der Waals surface area contributed by atoms with Crippen molar-refractivity contribution < 1.29 is 4.84 Å². The molecule has 2 aromatic heterocycles. The highest BCUT2D eigenvalue weighted by molar-refractivity contribution is 5.97. The van der Waals surface area contributed by atoms with Gasteiger partial charge in [-0.3, -0.25) is 19.8 Å². The van der Waals surface area contributed by atoms with E-state index in [1.165, 1.54) is 19.7 Å². The van der Waals surface area contributed by atoms with Crippen molar-refractivity contribution >= 4 is 34.3 Å². The number of benzene rings is 1. The molecule has 0 aliphatic carbocycles. The van der Waals surface area contributed by atoms with Gasteiger partial charge in [-0.25, -0.2) is 9.97 Å². The van der Waals surface area contributed by atoms with Gasteiger partial charge >= 0.3 is 0 Å². The third kappa shape index (κ3) is 2.67. The lowest BCUT2D eigenvalue weighted by Gasteiger charge is -2.11. The first-order chi connectivity index (χ1) is 11.6. The zero-order chi connectivity index (χ0) is 17.1. The SMILES string of the molecule is CON=Cc1c(N)ncnc1Nc1cccc2c(=O)[nH][nH]c(=O)c12. The van der Waals surface area contributed by atoms with E-state index in [2.05, 4.69) is 35.5 Å². The monoisotopic (exact) mass is 327 g/mol. The maximum absolute atomic E-state index is 12.1. The molecular weight excluding hydrogens is 314 g/mol. The van der Waals surface area contributed by atoms with Crippen LogP contribution in [-0.2, 0) is 4.84 Å². The lowest BCUT2D eigenvalue weighted by Crippen LogP contribution is -2.20. The normalized spacial score (nSPS) is 11.0. The second kappa shape index (κ2) is 6.20. The number of fused-ring (bicyclic) bond motifs is 1. The van der Waals surface area contributed by atoms with Gasteiger partial charge in [0.25, 0.3) is 11.1 Å². The van der Waals surface area contributed by atoms with Gasteiger partial charge in [0.2, 0.25) is 0 Å². The molecule has 3 rings (SSSR count). The molecule has 0 fully saturated rings. The van der Waals surface area contributed by atoms with Crippen molar-refractivity contribution in [3.8, 4) is 0 Å². The minimum absolute atomic E-state index is 0.181. The Morgan fingerprint density at radius 3 is 2.83 bits per heavy atom. The summed E-state index contributed by atoms with van der Waals surface area (Å²) in [5.74, 6) is 0.496. The first kappa shape index (κ1) is 15.2. The first-order valence-electron chi connectivity index (χ1n) is 6.79. The number of nitrogen functional groups attached to an aromatic ring is 1. The van der Waals surface area contributed by atoms with Crippen LogP contribution in [0.1, 0.15) is 5.56 Å². The van der Waals surface area contributed by atoms with Gasteiger partial charge in [0.05, 0.1) is 28.2 Å². The van der Waals surface area contributed by atoms with E-state index in [9.17, 15) is 9.59 Å². The van der Waals surface area contributed by atoms with Crippen molar-refractivity contribution in [2.45, 2.75) is 0 Å². The van der Waals surface area contributed by atoms with Gasteiger partial charge < -0.3 is 15.9 Å². The van der Waals surface area contributed by atoms with Crippen molar-refractivity contribution in [1.82, 2.24) is 20.2 Å². The van der Waals surface area contributed by atoms with Crippen LogP contribution in [0, 0.1) is 0 Å². The van der Waals surface area contributed by atoms with Crippen molar-refractivity contribution in [2.24, 2.45) is 5.16 Å². The molecule has 0 aliphatic rings. The summed E-state index contributed by atoms with van der Waals surface area (Å²) in [6, 6.07) is 4.84. The summed E-state index contributed by atoms with van der Waals surface area (Å²) in [6.07, 6.45) is 2.61. The average Bonchev–Trinajstić information content (AvgIpc) is 2.58. The van der Waals surface area contributed by atoms with Crippen molar-refractivity contribution in [1.29, 1.82) is 0 Å². The molecule has 0 amide bonds. The minimum Gasteiger partial charge on any atom is -0.399 e. The molecule has 0 atom stereocenters. The molecule has 1 aromatic carbocycles. The fourth-order valence-corrected chi connectivity index (χ4v) is 2.20. The molecule has 0 spiro atoms. The summed E-state index contributed by atoms with van der Waals surface area (Å²) in [4.78, 5) is 36.6. The summed E-state index contributed by atoms with van der Waals surface area (Å²) < 4.78 is 0. The number of H-pyrrole nitrogens is 2. The smallest absolute Gasteiger partial charge is 0.272 e. The Morgan fingerprint density at radius 1 is 1.25 bits per heavy atom. The van der Waals surface area contributed by atoms with E-state index in [0.29, 0.717) is 17.1 Å². The number of nitrogens with two attached hydrogens (primary N) is 1. The number of nitrogens with one attached hydrogen (secondary N) is 3. The molecule has 0 bridgehead atoms. The number of rotatable bonds is 4. The van der Waals surface area contributed by atoms with Crippen LogP contribution in [0.25, 0.3) is 10.8 Å². The lowest BCUT2D eigenvalue weighted by atomic mass is 10.1. The maximum Gasteiger partial charge on any atom is 0.272 e. The minimum atomic E-state index is -0.443. The Morgan fingerprint density at radius 2 is 2.04 bits per heavy atom. The predicted octanol–water partition coefficient (Wildman–Crippen LogP) is 0.312. The van der Waals surface area contributed by atoms with Gasteiger partial charge in [0.15, 0.2) is 0 Å². The van der Waals surface area contributed by atoms with Crippen LogP contribution in [0.4, 0.5) is 17.3 Å². The Balaban J connectivity index is 2.17. The van der Waals surface area contributed by atoms with Gasteiger partial charge in [0.1, 0.15) is 25.1 Å². The number of nitrogens with zero attached hydrogens (tertiary/aromatic N) is 3. The number of hydrogen-bond acceptors (Lipinski definition) is 8. The van der Waals surface area contributed by atoms with Crippen LogP contribution in [-0.4, -0.2) is 33.5 Å². The van der Waals surface area contributed by atoms with Crippen LogP contribution in [0.15, 0.2) is 39.3 Å². The Kier molecular flexibility index (Phi) is 3.93. The van der Waals surface area contributed by atoms with Crippen LogP contribution in [0.5, 0.6) is 0 Å². The highest BCUT2D eigenvalue weighted by Gasteiger charge is 2.12. The highest BCUT2D eigenvalue weighted by Crippen LogP contribution is 2.24. The summed E-state index contributed by atoms with van der Waals surface area (Å²) in [6.45, 7) is 0. The summed E-state index contributed by atoms with van der Waals surface area (Å²) in [5.41, 5.74) is 5.75. The van der Waals surface area contributed by atoms with Crippen molar-refractivity contribution in [3.63, 3.8) is 0 Å². The number of anilines is 3. The van der Waals surface area contributed by atoms with Gasteiger partial charge in [-0.1, -0.05) is 11.2 Å². The number of oxime groups is 1. The van der Waals surface area contributed by atoms with E-state index in [0.717, 1.165) is 0 Å². The van der Waals surface area contributed by atoms with Crippen molar-refractivity contribution in [3.05, 3.63) is 50.8 Å². The van der Waals surface area contributed by atoms with E-state index in [4.69, 9.17) is 5.73 Å². The second-order valence-electron chi connectivity index (χ2n) is 4.70. The van der Waals surface area contributed by atoms with E-state index in [1.54, 1.807) is 18.2 Å². The van der Waals surface area contributed by atoms with E-state index in [1.807, 2.05) is 0 Å². The fourth-order valence-electron chi connectivity index (χ4n) is 2.20. The second-order valence-corrected chi connectivity index (χ2v) is 4.70. The number of aromatic amines is 2. The Bertz CT molecular complexity index is 1040. The van der Waals surface area contributed by atoms with Crippen LogP contribution >= 0.6 is 0 Å². The Labute approximate surface area is 134 Å². The van der Waals surface area contributed by atoms with Crippen LogP contribution < -0.4 is 22.2 Å². The molecule has 5 N–H and O–H groups in total. The van der Waals surface area contributed by atoms with Gasteiger partial charge in [0, 0.05) is 0 Å². The number of aromatic nitrogens is 4. The third-order valence-corrected chi connectivity index (χ3v) is 3.28. The maximum atomic E-state index is 12.1. The molecule has 122 valence electrons. The average molecular weight is 327 g/mol. The molecule has 2 heterocycles. The zero-order valence-corrected chi connectivity index (χ0v) is 12.5. The predicted molar refractivity (Wildman–Crippen MR) is 89.5 cm³/mol. The molecule has 10 heteroatoms. The quantitative estimate of drug-likeness (QED) is 0.397. The molecule has 0 saturated carbocycles. The molecular formula is C14H13N7O3. The van der Waals surface area contributed by atoms with Gasteiger partial charge in [-0.2, -0.15) is 0 Å². The largest absolute Gasteiger partial charge is 0.399 e. The summed E-state index contributed by atoms with van der Waals surface area (Å²) in [5, 5.41) is 11.7. The molecule has 0 aliphatic heterocycles. The van der Waals surface area contributed by atoms with Crippen molar-refractivity contribution in [2.75, 3.05) is 18.2 Å². The van der Waals surface area contributed by atoms with Gasteiger partial charge in [-0.05, 0) is 12.1 Å². The lowest BCUT2D eigenvalue weighted by molar-refractivity contribution is 0.215. The Hall–Kier alpha value is -3.69. The molecule has 24 heavy (non-hydrogen) atoms. The van der Waals surface area contributed by atoms with Crippen LogP contribution in [0.2, 0.25) is 0 Å². The highest BCUT2D eigenvalue weighted by atomic mass is 16.6. The van der Waals surface area contributed by atoms with Crippen LogP contribution in [0.3, 0.4) is 0 Å². The number of hydrogen-bond donors (Lipinski definition) is 4. The first-order valence-corrected chi connectivity index (χ1v) is 6.79. The van der Waals surface area contributed by atoms with E-state index in [-0.39, 0.29) is 16.6 Å². The fraction of sp³-hybridized carbons (Fsp3) is 0.0714. The van der Waals surface area contributed by atoms with E-state index < -0.39 is 11.1 Å². The molecule has 0 unspecified atom stereocenters. The summed E-state index contributed by atoms with van der Waals surface area (Å²) >= 11 is 0. The third-order valence-electron chi connectivity index (χ3n) is 3.28.